The van der Waals surface area contributed by atoms with Gasteiger partial charge in [-0.2, -0.15) is 0 Å². The molecule has 150 valence electrons. The summed E-state index contributed by atoms with van der Waals surface area (Å²) in [5, 5.41) is 14.1. The average Bonchev–Trinajstić information content (AvgIpc) is 3.22. The molecule has 1 fully saturated rings. The number of halogens is 2. The van der Waals surface area contributed by atoms with Crippen LogP contribution in [0.5, 0.6) is 0 Å². The lowest BCUT2D eigenvalue weighted by Crippen LogP contribution is -2.52. The summed E-state index contributed by atoms with van der Waals surface area (Å²) in [5.74, 6) is -2.00. The van der Waals surface area contributed by atoms with Crippen molar-refractivity contribution < 1.29 is 19.1 Å². The number of fused-ring (bicyclic) bond motifs is 1. The topological polar surface area (TPSA) is 82.5 Å². The summed E-state index contributed by atoms with van der Waals surface area (Å²) < 4.78 is 14.4. The van der Waals surface area contributed by atoms with E-state index in [9.17, 15) is 19.1 Å². The van der Waals surface area contributed by atoms with Crippen LogP contribution >= 0.6 is 22.9 Å². The third-order valence-electron chi connectivity index (χ3n) is 4.80. The first-order chi connectivity index (χ1) is 13.8. The number of aliphatic hydroxyl groups is 1. The largest absolute Gasteiger partial charge is 0.372 e. The molecule has 0 saturated carbocycles. The SMILES string of the molecule is O=C(NCc1cc(F)cc(Cl)c1)C1(O)CCN(Cc2nc3ccccc3s2)C1=O. The summed E-state index contributed by atoms with van der Waals surface area (Å²) in [7, 11) is 0. The number of carbonyl (C=O) groups is 2. The van der Waals surface area contributed by atoms with Gasteiger partial charge in [0.2, 0.25) is 5.60 Å². The van der Waals surface area contributed by atoms with Crippen molar-refractivity contribution in [1.29, 1.82) is 0 Å². The molecule has 9 heteroatoms. The summed E-state index contributed by atoms with van der Waals surface area (Å²) in [6, 6.07) is 11.5. The van der Waals surface area contributed by atoms with E-state index in [2.05, 4.69) is 10.3 Å². The molecule has 3 aromatic rings. The van der Waals surface area contributed by atoms with Crippen LogP contribution in [0.2, 0.25) is 5.02 Å². The molecule has 1 aliphatic heterocycles. The third-order valence-corrected chi connectivity index (χ3v) is 6.04. The fraction of sp³-hybridized carbons (Fsp3) is 0.250. The first-order valence-electron chi connectivity index (χ1n) is 8.94. The molecule has 1 aliphatic rings. The Kier molecular flexibility index (Phi) is 5.24. The summed E-state index contributed by atoms with van der Waals surface area (Å²) >= 11 is 7.27. The number of benzene rings is 2. The van der Waals surface area contributed by atoms with Crippen molar-refractivity contribution in [3.05, 3.63) is 63.9 Å². The van der Waals surface area contributed by atoms with Gasteiger partial charge in [-0.05, 0) is 35.9 Å². The van der Waals surface area contributed by atoms with Crippen LogP contribution in [0.4, 0.5) is 4.39 Å². The van der Waals surface area contributed by atoms with Gasteiger partial charge < -0.3 is 15.3 Å². The maximum atomic E-state index is 13.4. The zero-order valence-electron chi connectivity index (χ0n) is 15.2. The fourth-order valence-electron chi connectivity index (χ4n) is 3.32. The Bertz CT molecular complexity index is 1050. The number of hydrogen-bond donors (Lipinski definition) is 2. The Morgan fingerprint density at radius 2 is 2.14 bits per heavy atom. The van der Waals surface area contributed by atoms with Gasteiger partial charge in [0.15, 0.2) is 0 Å². The number of likely N-dealkylation sites (tertiary alicyclic amines) is 1. The number of nitrogens with zero attached hydrogens (tertiary/aromatic N) is 2. The molecule has 1 aromatic heterocycles. The molecule has 0 radical (unpaired) electrons. The Morgan fingerprint density at radius 1 is 1.34 bits per heavy atom. The molecule has 2 amide bonds. The number of thiazole rings is 1. The first-order valence-corrected chi connectivity index (χ1v) is 10.1. The second-order valence-electron chi connectivity index (χ2n) is 6.87. The molecular weight excluding hydrogens is 417 g/mol. The van der Waals surface area contributed by atoms with Crippen LogP contribution in [0.25, 0.3) is 10.2 Å². The van der Waals surface area contributed by atoms with Crippen LogP contribution in [0.3, 0.4) is 0 Å². The van der Waals surface area contributed by atoms with Gasteiger partial charge in [0.1, 0.15) is 10.8 Å². The lowest BCUT2D eigenvalue weighted by Gasteiger charge is -2.21. The molecule has 6 nitrogen and oxygen atoms in total. The van der Waals surface area contributed by atoms with Gasteiger partial charge in [-0.15, -0.1) is 11.3 Å². The number of para-hydroxylation sites is 1. The van der Waals surface area contributed by atoms with E-state index < -0.39 is 23.2 Å². The highest BCUT2D eigenvalue weighted by Crippen LogP contribution is 2.28. The Hall–Kier alpha value is -2.55. The molecule has 0 aliphatic carbocycles. The highest BCUT2D eigenvalue weighted by Gasteiger charge is 2.51. The van der Waals surface area contributed by atoms with Crippen molar-refractivity contribution in [3.8, 4) is 0 Å². The van der Waals surface area contributed by atoms with Crippen molar-refractivity contribution >= 4 is 45.0 Å². The number of hydrogen-bond acceptors (Lipinski definition) is 5. The maximum absolute atomic E-state index is 13.4. The van der Waals surface area contributed by atoms with Gasteiger partial charge in [0, 0.05) is 24.5 Å². The molecule has 1 saturated heterocycles. The lowest BCUT2D eigenvalue weighted by molar-refractivity contribution is -0.154. The molecule has 1 atom stereocenters. The quantitative estimate of drug-likeness (QED) is 0.606. The normalized spacial score (nSPS) is 19.1. The van der Waals surface area contributed by atoms with Crippen molar-refractivity contribution in [3.63, 3.8) is 0 Å². The summed E-state index contributed by atoms with van der Waals surface area (Å²) in [4.78, 5) is 31.1. The van der Waals surface area contributed by atoms with Gasteiger partial charge in [-0.3, -0.25) is 9.59 Å². The number of carbonyl (C=O) groups excluding carboxylic acids is 2. The van der Waals surface area contributed by atoms with Crippen LogP contribution < -0.4 is 5.32 Å². The second kappa shape index (κ2) is 7.70. The highest BCUT2D eigenvalue weighted by atomic mass is 35.5. The predicted molar refractivity (Wildman–Crippen MR) is 108 cm³/mol. The van der Waals surface area contributed by atoms with Crippen LogP contribution in [0, 0.1) is 5.82 Å². The number of aromatic nitrogens is 1. The second-order valence-corrected chi connectivity index (χ2v) is 8.42. The van der Waals surface area contributed by atoms with Crippen molar-refractivity contribution in [2.75, 3.05) is 6.54 Å². The molecule has 1 unspecified atom stereocenters. The standard InChI is InChI=1S/C20H17ClFN3O3S/c21-13-7-12(8-14(22)9-13)10-23-18(26)20(28)5-6-25(19(20)27)11-17-24-15-3-1-2-4-16(15)29-17/h1-4,7-9,28H,5-6,10-11H2,(H,23,26). The van der Waals surface area contributed by atoms with E-state index in [-0.39, 0.29) is 31.1 Å². The fourth-order valence-corrected chi connectivity index (χ4v) is 4.55. The van der Waals surface area contributed by atoms with Crippen LogP contribution in [0.15, 0.2) is 42.5 Å². The van der Waals surface area contributed by atoms with E-state index in [0.29, 0.717) is 5.56 Å². The molecule has 4 rings (SSSR count). The van der Waals surface area contributed by atoms with Gasteiger partial charge >= 0.3 is 0 Å². The molecule has 29 heavy (non-hydrogen) atoms. The van der Waals surface area contributed by atoms with E-state index >= 15 is 0 Å². The van der Waals surface area contributed by atoms with E-state index in [1.165, 1.54) is 28.4 Å². The zero-order valence-corrected chi connectivity index (χ0v) is 16.8. The molecule has 2 N–H and O–H groups in total. The van der Waals surface area contributed by atoms with Gasteiger partial charge in [-0.25, -0.2) is 9.37 Å². The minimum Gasteiger partial charge on any atom is -0.372 e. The first kappa shape index (κ1) is 19.8. The number of amides is 2. The number of rotatable bonds is 5. The molecule has 2 aromatic carbocycles. The summed E-state index contributed by atoms with van der Waals surface area (Å²) in [6.45, 7) is 0.418. The minimum atomic E-state index is -2.15. The zero-order chi connectivity index (χ0) is 20.6. The Balaban J connectivity index is 1.42. The van der Waals surface area contributed by atoms with Gasteiger partial charge in [0.05, 0.1) is 16.8 Å². The van der Waals surface area contributed by atoms with Crippen molar-refractivity contribution in [1.82, 2.24) is 15.2 Å². The monoisotopic (exact) mass is 433 g/mol. The summed E-state index contributed by atoms with van der Waals surface area (Å²) in [6.07, 6.45) is -0.0214. The number of nitrogens with one attached hydrogen (secondary N) is 1. The predicted octanol–water partition coefficient (Wildman–Crippen LogP) is 2.87. The van der Waals surface area contributed by atoms with Crippen LogP contribution in [-0.2, 0) is 22.7 Å². The van der Waals surface area contributed by atoms with Crippen molar-refractivity contribution in [2.45, 2.75) is 25.1 Å². The highest BCUT2D eigenvalue weighted by molar-refractivity contribution is 7.18. The molecule has 0 bridgehead atoms. The van der Waals surface area contributed by atoms with Crippen LogP contribution in [0.1, 0.15) is 17.0 Å². The van der Waals surface area contributed by atoms with Crippen molar-refractivity contribution in [2.24, 2.45) is 0 Å². The van der Waals surface area contributed by atoms with E-state index in [1.807, 2.05) is 24.3 Å². The van der Waals surface area contributed by atoms with Gasteiger partial charge in [0.25, 0.3) is 11.8 Å². The van der Waals surface area contributed by atoms with E-state index in [0.717, 1.165) is 21.3 Å². The average molecular weight is 434 g/mol. The molecule has 2 heterocycles. The lowest BCUT2D eigenvalue weighted by atomic mass is 10.0. The Morgan fingerprint density at radius 3 is 2.90 bits per heavy atom. The van der Waals surface area contributed by atoms with E-state index in [4.69, 9.17) is 11.6 Å². The van der Waals surface area contributed by atoms with Gasteiger partial charge in [-0.1, -0.05) is 23.7 Å². The maximum Gasteiger partial charge on any atom is 0.264 e. The smallest absolute Gasteiger partial charge is 0.264 e. The Labute approximate surface area is 174 Å². The molecule has 0 spiro atoms. The van der Waals surface area contributed by atoms with E-state index in [1.54, 1.807) is 0 Å². The van der Waals surface area contributed by atoms with Crippen LogP contribution in [-0.4, -0.2) is 39.0 Å². The third kappa shape index (κ3) is 3.96. The molecular formula is C20H17ClFN3O3S. The minimum absolute atomic E-state index is 0.0214. The summed E-state index contributed by atoms with van der Waals surface area (Å²) in [5.41, 5.74) is -0.863.